The minimum absolute atomic E-state index is 0.164. The van der Waals surface area contributed by atoms with E-state index in [9.17, 15) is 14.4 Å². The Morgan fingerprint density at radius 3 is 2.57 bits per heavy atom. The van der Waals surface area contributed by atoms with Crippen LogP contribution >= 0.6 is 0 Å². The molecule has 0 aliphatic carbocycles. The van der Waals surface area contributed by atoms with Crippen molar-refractivity contribution in [2.45, 2.75) is 59.1 Å². The van der Waals surface area contributed by atoms with Crippen LogP contribution in [-0.2, 0) is 19.1 Å². The van der Waals surface area contributed by atoms with Crippen LogP contribution in [0.4, 0.5) is 4.79 Å². The van der Waals surface area contributed by atoms with Crippen LogP contribution in [0, 0.1) is 5.92 Å². The summed E-state index contributed by atoms with van der Waals surface area (Å²) < 4.78 is 10.4. The van der Waals surface area contributed by atoms with Gasteiger partial charge < -0.3 is 14.8 Å². The molecule has 7 heteroatoms. The molecule has 0 bridgehead atoms. The molecule has 0 aromatic rings. The molecule has 0 aromatic carbocycles. The summed E-state index contributed by atoms with van der Waals surface area (Å²) in [5, 5.41) is 2.66. The van der Waals surface area contributed by atoms with E-state index in [2.05, 4.69) is 5.32 Å². The molecule has 1 aliphatic heterocycles. The summed E-state index contributed by atoms with van der Waals surface area (Å²) in [6, 6.07) is -0.884. The molecular weight excluding hydrogens is 300 g/mol. The van der Waals surface area contributed by atoms with Gasteiger partial charge >= 0.3 is 12.1 Å². The Morgan fingerprint density at radius 2 is 2.00 bits per heavy atom. The van der Waals surface area contributed by atoms with E-state index in [1.54, 1.807) is 20.8 Å². The number of carbonyl (C=O) groups is 3. The summed E-state index contributed by atoms with van der Waals surface area (Å²) in [6.45, 7) is 10.3. The Balaban J connectivity index is 2.64. The van der Waals surface area contributed by atoms with Crippen molar-refractivity contribution in [1.82, 2.24) is 10.2 Å². The van der Waals surface area contributed by atoms with E-state index in [0.29, 0.717) is 25.6 Å². The topological polar surface area (TPSA) is 84.9 Å². The molecule has 1 fully saturated rings. The number of rotatable bonds is 5. The summed E-state index contributed by atoms with van der Waals surface area (Å²) in [5.74, 6) is -0.414. The van der Waals surface area contributed by atoms with Gasteiger partial charge in [-0.3, -0.25) is 14.5 Å². The number of nitrogens with one attached hydrogen (secondary N) is 1. The van der Waals surface area contributed by atoms with Gasteiger partial charge in [-0.25, -0.2) is 4.79 Å². The third-order valence-electron chi connectivity index (χ3n) is 3.28. The third-order valence-corrected chi connectivity index (χ3v) is 3.28. The number of esters is 1. The fourth-order valence-corrected chi connectivity index (χ4v) is 2.08. The van der Waals surface area contributed by atoms with E-state index < -0.39 is 23.7 Å². The lowest BCUT2D eigenvalue weighted by molar-refractivity contribution is -0.148. The molecule has 0 spiro atoms. The molecule has 2 amide bonds. The van der Waals surface area contributed by atoms with E-state index in [1.165, 1.54) is 4.90 Å². The summed E-state index contributed by atoms with van der Waals surface area (Å²) in [4.78, 5) is 37.5. The van der Waals surface area contributed by atoms with Crippen LogP contribution in [0.25, 0.3) is 0 Å². The molecular formula is C16H28N2O5. The fraction of sp³-hybridized carbons (Fsp3) is 0.812. The average molecular weight is 328 g/mol. The van der Waals surface area contributed by atoms with Crippen LogP contribution < -0.4 is 5.32 Å². The van der Waals surface area contributed by atoms with Crippen molar-refractivity contribution < 1.29 is 23.9 Å². The normalized spacial score (nSPS) is 18.6. The Bertz CT molecular complexity index is 442. The van der Waals surface area contributed by atoms with Gasteiger partial charge in [-0.15, -0.1) is 0 Å². The number of amides is 2. The molecule has 1 unspecified atom stereocenters. The van der Waals surface area contributed by atoms with E-state index in [0.717, 1.165) is 6.42 Å². The van der Waals surface area contributed by atoms with Crippen LogP contribution in [-0.4, -0.2) is 54.2 Å². The van der Waals surface area contributed by atoms with Gasteiger partial charge in [0.25, 0.3) is 0 Å². The van der Waals surface area contributed by atoms with Crippen molar-refractivity contribution in [2.24, 2.45) is 5.92 Å². The van der Waals surface area contributed by atoms with Crippen molar-refractivity contribution in [3.8, 4) is 0 Å². The van der Waals surface area contributed by atoms with Gasteiger partial charge in [0.05, 0.1) is 13.0 Å². The molecule has 1 atom stereocenters. The lowest BCUT2D eigenvalue weighted by Gasteiger charge is -2.35. The standard InChI is InChI=1S/C16H28N2O5/c1-11(2)6-9-22-13(19)10-12-14(20)17-7-8-18(12)15(21)23-16(3,4)5/h11-12H,6-10H2,1-5H3,(H,17,20). The largest absolute Gasteiger partial charge is 0.466 e. The van der Waals surface area contributed by atoms with Crippen molar-refractivity contribution in [3.05, 3.63) is 0 Å². The summed E-state index contributed by atoms with van der Waals surface area (Å²) in [6.07, 6.45) is 0.00833. The van der Waals surface area contributed by atoms with Gasteiger partial charge in [0.2, 0.25) is 5.91 Å². The Labute approximate surface area is 137 Å². The first-order valence-corrected chi connectivity index (χ1v) is 8.03. The minimum Gasteiger partial charge on any atom is -0.466 e. The molecule has 132 valence electrons. The highest BCUT2D eigenvalue weighted by atomic mass is 16.6. The van der Waals surface area contributed by atoms with Gasteiger partial charge in [0, 0.05) is 13.1 Å². The predicted molar refractivity (Wildman–Crippen MR) is 84.8 cm³/mol. The van der Waals surface area contributed by atoms with Crippen molar-refractivity contribution in [1.29, 1.82) is 0 Å². The maximum Gasteiger partial charge on any atom is 0.411 e. The SMILES string of the molecule is CC(C)CCOC(=O)CC1C(=O)NCCN1C(=O)OC(C)(C)C. The molecule has 1 saturated heterocycles. The lowest BCUT2D eigenvalue weighted by atomic mass is 10.1. The minimum atomic E-state index is -0.884. The molecule has 0 saturated carbocycles. The second kappa shape index (κ2) is 8.17. The number of hydrogen-bond donors (Lipinski definition) is 1. The van der Waals surface area contributed by atoms with E-state index >= 15 is 0 Å². The molecule has 1 aliphatic rings. The van der Waals surface area contributed by atoms with Gasteiger partial charge in [0.15, 0.2) is 0 Å². The smallest absolute Gasteiger partial charge is 0.411 e. The number of carbonyl (C=O) groups excluding carboxylic acids is 3. The first kappa shape index (κ1) is 19.3. The molecule has 1 rings (SSSR count). The number of piperazine rings is 1. The van der Waals surface area contributed by atoms with Gasteiger partial charge in [-0.05, 0) is 33.1 Å². The van der Waals surface area contributed by atoms with Crippen molar-refractivity contribution in [2.75, 3.05) is 19.7 Å². The van der Waals surface area contributed by atoms with Crippen molar-refractivity contribution >= 4 is 18.0 Å². The molecule has 7 nitrogen and oxygen atoms in total. The van der Waals surface area contributed by atoms with Crippen LogP contribution in [0.15, 0.2) is 0 Å². The zero-order valence-electron chi connectivity index (χ0n) is 14.7. The molecule has 0 aromatic heterocycles. The van der Waals surface area contributed by atoms with Crippen LogP contribution in [0.2, 0.25) is 0 Å². The molecule has 1 heterocycles. The quantitative estimate of drug-likeness (QED) is 0.777. The number of hydrogen-bond acceptors (Lipinski definition) is 5. The van der Waals surface area contributed by atoms with Crippen LogP contribution in [0.1, 0.15) is 47.5 Å². The van der Waals surface area contributed by atoms with Crippen LogP contribution in [0.5, 0.6) is 0 Å². The second-order valence-corrected chi connectivity index (χ2v) is 7.09. The van der Waals surface area contributed by atoms with Crippen LogP contribution in [0.3, 0.4) is 0 Å². The summed E-state index contributed by atoms with van der Waals surface area (Å²) in [7, 11) is 0. The third kappa shape index (κ3) is 6.88. The number of nitrogens with zero attached hydrogens (tertiary/aromatic N) is 1. The van der Waals surface area contributed by atoms with E-state index in [4.69, 9.17) is 9.47 Å². The second-order valence-electron chi connectivity index (χ2n) is 7.09. The van der Waals surface area contributed by atoms with Gasteiger partial charge in [-0.1, -0.05) is 13.8 Å². The van der Waals surface area contributed by atoms with E-state index in [-0.39, 0.29) is 12.3 Å². The van der Waals surface area contributed by atoms with Crippen molar-refractivity contribution in [3.63, 3.8) is 0 Å². The highest BCUT2D eigenvalue weighted by Gasteiger charge is 2.37. The Morgan fingerprint density at radius 1 is 1.35 bits per heavy atom. The van der Waals surface area contributed by atoms with Gasteiger partial charge in [0.1, 0.15) is 11.6 Å². The highest BCUT2D eigenvalue weighted by molar-refractivity contribution is 5.90. The first-order chi connectivity index (χ1) is 10.6. The molecule has 0 radical (unpaired) electrons. The van der Waals surface area contributed by atoms with E-state index in [1.807, 2.05) is 13.8 Å². The Kier molecular flexibility index (Phi) is 6.84. The highest BCUT2D eigenvalue weighted by Crippen LogP contribution is 2.16. The average Bonchev–Trinajstić information content (AvgIpc) is 2.38. The maximum absolute atomic E-state index is 12.2. The molecule has 23 heavy (non-hydrogen) atoms. The van der Waals surface area contributed by atoms with Gasteiger partial charge in [-0.2, -0.15) is 0 Å². The lowest BCUT2D eigenvalue weighted by Crippen LogP contribution is -2.58. The first-order valence-electron chi connectivity index (χ1n) is 8.03. The monoisotopic (exact) mass is 328 g/mol. The maximum atomic E-state index is 12.2. The fourth-order valence-electron chi connectivity index (χ4n) is 2.08. The number of ether oxygens (including phenoxy) is 2. The Hall–Kier alpha value is -1.79. The summed E-state index contributed by atoms with van der Waals surface area (Å²) in [5.41, 5.74) is -0.659. The summed E-state index contributed by atoms with van der Waals surface area (Å²) >= 11 is 0. The molecule has 1 N–H and O–H groups in total. The zero-order valence-corrected chi connectivity index (χ0v) is 14.7. The zero-order chi connectivity index (χ0) is 17.6. The predicted octanol–water partition coefficient (Wildman–Crippen LogP) is 1.70.